The van der Waals surface area contributed by atoms with Gasteiger partial charge in [0, 0.05) is 12.6 Å². The van der Waals surface area contributed by atoms with Gasteiger partial charge in [0.25, 0.3) is 5.65 Å². The Labute approximate surface area is 127 Å². The van der Waals surface area contributed by atoms with Crippen LogP contribution in [0.25, 0.3) is 11.0 Å². The molecule has 0 radical (unpaired) electrons. The van der Waals surface area contributed by atoms with Gasteiger partial charge < -0.3 is 0 Å². The van der Waals surface area contributed by atoms with E-state index in [1.807, 2.05) is 12.3 Å². The van der Waals surface area contributed by atoms with Gasteiger partial charge in [0.15, 0.2) is 0 Å². The van der Waals surface area contributed by atoms with E-state index in [-0.39, 0.29) is 0 Å². The summed E-state index contributed by atoms with van der Waals surface area (Å²) in [7, 11) is 2.12. The zero-order valence-corrected chi connectivity index (χ0v) is 13.5. The van der Waals surface area contributed by atoms with Gasteiger partial charge in [0.05, 0.1) is 37.3 Å². The number of hydrogen-bond donors (Lipinski definition) is 0. The first-order valence-electron chi connectivity index (χ1n) is 7.85. The van der Waals surface area contributed by atoms with E-state index in [1.54, 1.807) is 0 Å². The van der Waals surface area contributed by atoms with E-state index in [1.165, 1.54) is 22.3 Å². The number of aliphatic imine (C=N–C) groups is 1. The van der Waals surface area contributed by atoms with Gasteiger partial charge in [0.2, 0.25) is 0 Å². The molecule has 112 valence electrons. The maximum atomic E-state index is 4.49. The van der Waals surface area contributed by atoms with Crippen molar-refractivity contribution >= 4 is 17.2 Å². The van der Waals surface area contributed by atoms with Crippen LogP contribution in [0, 0.1) is 0 Å². The molecule has 0 aliphatic heterocycles. The Hall–Kier alpha value is -1.90. The molecule has 0 saturated carbocycles. The summed E-state index contributed by atoms with van der Waals surface area (Å²) in [4.78, 5) is 4.49. The average Bonchev–Trinajstić information content (AvgIpc) is 2.76. The van der Waals surface area contributed by atoms with Crippen molar-refractivity contribution in [2.75, 3.05) is 6.54 Å². The first-order valence-corrected chi connectivity index (χ1v) is 7.85. The van der Waals surface area contributed by atoms with Crippen molar-refractivity contribution in [3.8, 4) is 0 Å². The Balaban J connectivity index is 2.70. The molecule has 0 spiro atoms. The Morgan fingerprint density at radius 1 is 1.33 bits per heavy atom. The van der Waals surface area contributed by atoms with Crippen LogP contribution >= 0.6 is 0 Å². The molecule has 0 saturated heterocycles. The standard InChI is InChI=1S/C18H26N3/c1-5-9-17-16(14-19-11-6-2)15-10-8-13-20(4)18(15)21(17)12-7-3/h6,8,10,13-14H,2,5,7,9,11-12H2,1,3-4H3/q+1. The molecule has 0 amide bonds. The van der Waals surface area contributed by atoms with E-state index in [4.69, 9.17) is 0 Å². The lowest BCUT2D eigenvalue weighted by molar-refractivity contribution is -0.647. The fourth-order valence-corrected chi connectivity index (χ4v) is 2.91. The van der Waals surface area contributed by atoms with Gasteiger partial charge in [-0.15, -0.1) is 6.58 Å². The number of pyridine rings is 1. The number of fused-ring (bicyclic) bond motifs is 1. The third-order valence-corrected chi connectivity index (χ3v) is 3.72. The van der Waals surface area contributed by atoms with Crippen molar-refractivity contribution in [2.24, 2.45) is 12.0 Å². The van der Waals surface area contributed by atoms with Crippen LogP contribution in [0.15, 0.2) is 36.0 Å². The summed E-state index contributed by atoms with van der Waals surface area (Å²) < 4.78 is 4.68. The van der Waals surface area contributed by atoms with Crippen LogP contribution in [-0.2, 0) is 20.0 Å². The summed E-state index contributed by atoms with van der Waals surface area (Å²) in [6, 6.07) is 4.31. The van der Waals surface area contributed by atoms with Gasteiger partial charge >= 0.3 is 0 Å². The lowest BCUT2D eigenvalue weighted by Crippen LogP contribution is -2.30. The highest BCUT2D eigenvalue weighted by Crippen LogP contribution is 2.24. The SMILES string of the molecule is C=CCN=Cc1c(CCC)n(CCC)c2c1ccc[n+]2C. The maximum Gasteiger partial charge on any atom is 0.289 e. The van der Waals surface area contributed by atoms with Gasteiger partial charge in [-0.25, -0.2) is 9.13 Å². The molecular formula is C18H26N3+. The molecule has 2 aromatic heterocycles. The molecular weight excluding hydrogens is 258 g/mol. The molecule has 2 rings (SSSR count). The van der Waals surface area contributed by atoms with Crippen molar-refractivity contribution in [3.05, 3.63) is 42.2 Å². The second kappa shape index (κ2) is 7.21. The highest BCUT2D eigenvalue weighted by atomic mass is 15.1. The van der Waals surface area contributed by atoms with E-state index in [2.05, 4.69) is 59.9 Å². The smallest absolute Gasteiger partial charge is 0.288 e. The minimum absolute atomic E-state index is 0.672. The third kappa shape index (κ3) is 3.07. The Bertz CT molecular complexity index is 650. The van der Waals surface area contributed by atoms with Gasteiger partial charge in [-0.1, -0.05) is 19.9 Å². The lowest BCUT2D eigenvalue weighted by atomic mass is 10.1. The van der Waals surface area contributed by atoms with E-state index >= 15 is 0 Å². The zero-order chi connectivity index (χ0) is 15.2. The normalized spacial score (nSPS) is 11.6. The second-order valence-electron chi connectivity index (χ2n) is 5.40. The molecule has 0 aliphatic carbocycles. The minimum Gasteiger partial charge on any atom is -0.288 e. The number of nitrogens with zero attached hydrogens (tertiary/aromatic N) is 3. The maximum absolute atomic E-state index is 4.49. The number of rotatable bonds is 7. The summed E-state index contributed by atoms with van der Waals surface area (Å²) in [5.74, 6) is 0. The largest absolute Gasteiger partial charge is 0.289 e. The van der Waals surface area contributed by atoms with Gasteiger partial charge in [0.1, 0.15) is 5.69 Å². The highest BCUT2D eigenvalue weighted by molar-refractivity contribution is 5.99. The Morgan fingerprint density at radius 2 is 2.14 bits per heavy atom. The van der Waals surface area contributed by atoms with E-state index in [9.17, 15) is 0 Å². The fraction of sp³-hybridized carbons (Fsp3) is 0.444. The Kier molecular flexibility index (Phi) is 5.32. The summed E-state index contributed by atoms with van der Waals surface area (Å²) >= 11 is 0. The predicted octanol–water partition coefficient (Wildman–Crippen LogP) is 3.43. The monoisotopic (exact) mass is 284 g/mol. The fourth-order valence-electron chi connectivity index (χ4n) is 2.91. The van der Waals surface area contributed by atoms with Crippen LogP contribution in [0.2, 0.25) is 0 Å². The first-order chi connectivity index (χ1) is 10.2. The van der Waals surface area contributed by atoms with Gasteiger partial charge in [-0.3, -0.25) is 4.99 Å². The molecule has 2 heterocycles. The van der Waals surface area contributed by atoms with Crippen molar-refractivity contribution in [1.29, 1.82) is 0 Å². The zero-order valence-electron chi connectivity index (χ0n) is 13.5. The predicted molar refractivity (Wildman–Crippen MR) is 90.1 cm³/mol. The van der Waals surface area contributed by atoms with Crippen LogP contribution in [0.3, 0.4) is 0 Å². The molecule has 3 heteroatoms. The van der Waals surface area contributed by atoms with Crippen molar-refractivity contribution in [1.82, 2.24) is 4.57 Å². The second-order valence-corrected chi connectivity index (χ2v) is 5.40. The van der Waals surface area contributed by atoms with Crippen LogP contribution in [0.1, 0.15) is 37.9 Å². The van der Waals surface area contributed by atoms with Gasteiger partial charge in [-0.2, -0.15) is 0 Å². The van der Waals surface area contributed by atoms with E-state index < -0.39 is 0 Å². The van der Waals surface area contributed by atoms with E-state index in [0.717, 1.165) is 25.8 Å². The molecule has 2 aromatic rings. The minimum atomic E-state index is 0.672. The van der Waals surface area contributed by atoms with Crippen molar-refractivity contribution in [2.45, 2.75) is 39.7 Å². The topological polar surface area (TPSA) is 21.2 Å². The molecule has 0 aromatic carbocycles. The first kappa shape index (κ1) is 15.5. The number of aromatic nitrogens is 2. The Morgan fingerprint density at radius 3 is 2.81 bits per heavy atom. The molecule has 0 N–H and O–H groups in total. The average molecular weight is 284 g/mol. The van der Waals surface area contributed by atoms with Crippen LogP contribution in [-0.4, -0.2) is 17.3 Å². The quantitative estimate of drug-likeness (QED) is 0.422. The molecule has 0 atom stereocenters. The summed E-state index contributed by atoms with van der Waals surface area (Å²) in [5, 5.41) is 1.30. The highest BCUT2D eigenvalue weighted by Gasteiger charge is 2.23. The summed E-state index contributed by atoms with van der Waals surface area (Å²) in [6.07, 6.45) is 9.35. The van der Waals surface area contributed by atoms with E-state index in [0.29, 0.717) is 6.54 Å². The van der Waals surface area contributed by atoms with Crippen LogP contribution < -0.4 is 4.57 Å². The van der Waals surface area contributed by atoms with Crippen molar-refractivity contribution < 1.29 is 4.57 Å². The summed E-state index contributed by atoms with van der Waals surface area (Å²) in [5.41, 5.74) is 3.98. The van der Waals surface area contributed by atoms with Crippen LogP contribution in [0.5, 0.6) is 0 Å². The van der Waals surface area contributed by atoms with Crippen molar-refractivity contribution in [3.63, 3.8) is 0 Å². The molecule has 0 bridgehead atoms. The molecule has 3 nitrogen and oxygen atoms in total. The lowest BCUT2D eigenvalue weighted by Gasteiger charge is -2.03. The molecule has 0 aliphatic rings. The van der Waals surface area contributed by atoms with Gasteiger partial charge in [-0.05, 0) is 25.0 Å². The number of hydrogen-bond acceptors (Lipinski definition) is 1. The molecule has 0 fully saturated rings. The number of aryl methyl sites for hydroxylation is 2. The molecule has 0 unspecified atom stereocenters. The molecule has 21 heavy (non-hydrogen) atoms. The van der Waals surface area contributed by atoms with Crippen LogP contribution in [0.4, 0.5) is 0 Å². The third-order valence-electron chi connectivity index (χ3n) is 3.72. The summed E-state index contributed by atoms with van der Waals surface area (Å²) in [6.45, 7) is 9.93.